The van der Waals surface area contributed by atoms with Crippen molar-refractivity contribution in [2.45, 2.75) is 0 Å². The topological polar surface area (TPSA) is 57.8 Å². The number of hydrogen-bond donors (Lipinski definition) is 2. The minimum Gasteiger partial charge on any atom is -0.287 e. The summed E-state index contributed by atoms with van der Waals surface area (Å²) in [6.07, 6.45) is 0. The van der Waals surface area contributed by atoms with Crippen molar-refractivity contribution in [1.29, 1.82) is 0 Å². The van der Waals surface area contributed by atoms with Crippen LogP contribution in [0.4, 0.5) is 0 Å². The first kappa shape index (κ1) is 8.25. The number of aromatic nitrogens is 2. The van der Waals surface area contributed by atoms with Gasteiger partial charge in [-0.25, -0.2) is 0 Å². The van der Waals surface area contributed by atoms with Crippen LogP contribution in [0.3, 0.4) is 0 Å². The second kappa shape index (κ2) is 3.18. The molecule has 0 radical (unpaired) electrons. The molecule has 2 aromatic rings. The van der Waals surface area contributed by atoms with Gasteiger partial charge in [-0.05, 0) is 6.07 Å². The van der Waals surface area contributed by atoms with Gasteiger partial charge in [-0.3, -0.25) is 14.2 Å². The fourth-order valence-electron chi connectivity index (χ4n) is 1.18. The van der Waals surface area contributed by atoms with Gasteiger partial charge in [0.2, 0.25) is 0 Å². The molecule has 0 saturated heterocycles. The highest BCUT2D eigenvalue weighted by molar-refractivity contribution is 9.08. The lowest BCUT2D eigenvalue weighted by Crippen LogP contribution is -2.12. The second-order valence-electron chi connectivity index (χ2n) is 2.54. The van der Waals surface area contributed by atoms with Crippen LogP contribution in [-0.4, -0.2) is 16.1 Å². The first-order valence-electron chi connectivity index (χ1n) is 3.67. The van der Waals surface area contributed by atoms with Gasteiger partial charge in [0.25, 0.3) is 5.91 Å². The van der Waals surface area contributed by atoms with Crippen LogP contribution in [0.25, 0.3) is 10.9 Å². The molecule has 0 aliphatic carbocycles. The second-order valence-corrected chi connectivity index (χ2v) is 2.94. The van der Waals surface area contributed by atoms with E-state index in [0.29, 0.717) is 5.69 Å². The van der Waals surface area contributed by atoms with Crippen LogP contribution in [0.15, 0.2) is 24.3 Å². The van der Waals surface area contributed by atoms with Gasteiger partial charge in [0.05, 0.1) is 5.52 Å². The number of fused-ring (bicyclic) bond motifs is 1. The van der Waals surface area contributed by atoms with E-state index in [1.54, 1.807) is 0 Å². The molecule has 0 unspecified atom stereocenters. The smallest absolute Gasteiger partial charge is 0.282 e. The molecule has 0 aliphatic rings. The van der Waals surface area contributed by atoms with Gasteiger partial charge in [-0.15, -0.1) is 0 Å². The summed E-state index contributed by atoms with van der Waals surface area (Å²) >= 11 is 2.87. The van der Waals surface area contributed by atoms with Crippen molar-refractivity contribution in [3.05, 3.63) is 30.0 Å². The van der Waals surface area contributed by atoms with Gasteiger partial charge >= 0.3 is 0 Å². The van der Waals surface area contributed by atoms with Gasteiger partial charge in [-0.1, -0.05) is 18.2 Å². The lowest BCUT2D eigenvalue weighted by atomic mass is 10.2. The molecule has 5 heteroatoms. The summed E-state index contributed by atoms with van der Waals surface area (Å²) < 4.78 is 2.35. The third-order valence-electron chi connectivity index (χ3n) is 1.77. The first-order valence-corrected chi connectivity index (χ1v) is 4.46. The zero-order chi connectivity index (χ0) is 9.26. The van der Waals surface area contributed by atoms with Gasteiger partial charge < -0.3 is 0 Å². The van der Waals surface area contributed by atoms with Gasteiger partial charge in [0.15, 0.2) is 5.69 Å². The highest BCUT2D eigenvalue weighted by Crippen LogP contribution is 2.14. The average molecular weight is 240 g/mol. The molecule has 1 heterocycles. The van der Waals surface area contributed by atoms with Crippen molar-refractivity contribution >= 4 is 33.0 Å². The Balaban J connectivity index is 2.64. The van der Waals surface area contributed by atoms with E-state index < -0.39 is 0 Å². The third-order valence-corrected chi connectivity index (χ3v) is 2.13. The molecular weight excluding hydrogens is 234 g/mol. The zero-order valence-corrected chi connectivity index (χ0v) is 8.13. The van der Waals surface area contributed by atoms with Crippen LogP contribution in [0.5, 0.6) is 0 Å². The molecular formula is C8H6BrN3O. The summed E-state index contributed by atoms with van der Waals surface area (Å²) in [5.41, 5.74) is 1.25. The number of carbonyl (C=O) groups excluding carboxylic acids is 1. The fourth-order valence-corrected chi connectivity index (χ4v) is 1.37. The number of para-hydroxylation sites is 1. The SMILES string of the molecule is O=C(NBr)c1n[nH]c2ccccc12. The molecule has 13 heavy (non-hydrogen) atoms. The largest absolute Gasteiger partial charge is 0.287 e. The van der Waals surface area contributed by atoms with E-state index in [-0.39, 0.29) is 5.91 Å². The number of H-pyrrole nitrogens is 1. The Kier molecular flexibility index (Phi) is 2.02. The Hall–Kier alpha value is -1.36. The van der Waals surface area contributed by atoms with E-state index in [0.717, 1.165) is 10.9 Å². The fraction of sp³-hybridized carbons (Fsp3) is 0. The van der Waals surface area contributed by atoms with E-state index in [1.165, 1.54) is 0 Å². The normalized spacial score (nSPS) is 10.2. The number of rotatable bonds is 1. The number of hydrogen-bond acceptors (Lipinski definition) is 2. The van der Waals surface area contributed by atoms with Crippen molar-refractivity contribution in [2.75, 3.05) is 0 Å². The molecule has 66 valence electrons. The molecule has 0 atom stereocenters. The summed E-state index contributed by atoms with van der Waals surface area (Å²) in [5, 5.41) is 7.49. The molecule has 2 N–H and O–H groups in total. The number of halogens is 1. The van der Waals surface area contributed by atoms with Gasteiger partial charge in [0.1, 0.15) is 0 Å². The summed E-state index contributed by atoms with van der Waals surface area (Å²) in [7, 11) is 0. The molecule has 0 saturated carbocycles. The molecule has 4 nitrogen and oxygen atoms in total. The molecule has 0 bridgehead atoms. The van der Waals surface area contributed by atoms with E-state index >= 15 is 0 Å². The quantitative estimate of drug-likeness (QED) is 0.744. The van der Waals surface area contributed by atoms with Crippen LogP contribution in [-0.2, 0) is 0 Å². The van der Waals surface area contributed by atoms with E-state index in [1.807, 2.05) is 24.3 Å². The predicted octanol–water partition coefficient (Wildman–Crippen LogP) is 1.60. The maximum Gasteiger partial charge on any atom is 0.282 e. The molecule has 1 amide bonds. The predicted molar refractivity (Wildman–Crippen MR) is 52.5 cm³/mol. The van der Waals surface area contributed by atoms with Gasteiger partial charge in [-0.2, -0.15) is 5.10 Å². The standard InChI is InChI=1S/C8H6BrN3O/c9-10-8(13)7-5-3-1-2-4-6(5)11-12-7/h1-4H,(H,10,13)(H,11,12). The van der Waals surface area contributed by atoms with Crippen molar-refractivity contribution in [3.8, 4) is 0 Å². The summed E-state index contributed by atoms with van der Waals surface area (Å²) in [6, 6.07) is 7.46. The van der Waals surface area contributed by atoms with Crippen molar-refractivity contribution in [1.82, 2.24) is 14.5 Å². The van der Waals surface area contributed by atoms with E-state index in [9.17, 15) is 4.79 Å². The highest BCUT2D eigenvalue weighted by Gasteiger charge is 2.11. The summed E-state index contributed by atoms with van der Waals surface area (Å²) in [4.78, 5) is 11.2. The van der Waals surface area contributed by atoms with Crippen LogP contribution in [0.2, 0.25) is 0 Å². The van der Waals surface area contributed by atoms with E-state index in [4.69, 9.17) is 0 Å². The van der Waals surface area contributed by atoms with Crippen molar-refractivity contribution < 1.29 is 4.79 Å². The molecule has 1 aromatic heterocycles. The average Bonchev–Trinajstić information content (AvgIpc) is 2.60. The Morgan fingerprint density at radius 2 is 2.23 bits per heavy atom. The van der Waals surface area contributed by atoms with Crippen LogP contribution < -0.4 is 4.34 Å². The minimum absolute atomic E-state index is 0.252. The molecule has 0 aliphatic heterocycles. The Morgan fingerprint density at radius 1 is 1.46 bits per heavy atom. The maximum atomic E-state index is 11.2. The lowest BCUT2D eigenvalue weighted by molar-refractivity contribution is 0.0983. The van der Waals surface area contributed by atoms with Gasteiger partial charge in [0, 0.05) is 21.5 Å². The molecule has 0 fully saturated rings. The van der Waals surface area contributed by atoms with Crippen molar-refractivity contribution in [2.24, 2.45) is 0 Å². The number of amides is 1. The number of aromatic amines is 1. The summed E-state index contributed by atoms with van der Waals surface area (Å²) in [6.45, 7) is 0. The number of nitrogens with zero attached hydrogens (tertiary/aromatic N) is 1. The number of carbonyl (C=O) groups is 1. The maximum absolute atomic E-state index is 11.2. The number of benzene rings is 1. The monoisotopic (exact) mass is 239 g/mol. The highest BCUT2D eigenvalue weighted by atomic mass is 79.9. The van der Waals surface area contributed by atoms with Crippen LogP contribution in [0.1, 0.15) is 10.5 Å². The van der Waals surface area contributed by atoms with Crippen LogP contribution in [0, 0.1) is 0 Å². The third kappa shape index (κ3) is 1.31. The first-order chi connectivity index (χ1) is 6.33. The molecule has 2 rings (SSSR count). The molecule has 0 spiro atoms. The minimum atomic E-state index is -0.252. The Bertz CT molecular complexity index is 451. The van der Waals surface area contributed by atoms with E-state index in [2.05, 4.69) is 30.7 Å². The Morgan fingerprint density at radius 3 is 3.00 bits per heavy atom. The molecule has 1 aromatic carbocycles. The summed E-state index contributed by atoms with van der Waals surface area (Å²) in [5.74, 6) is -0.252. The Labute approximate surface area is 82.7 Å². The lowest BCUT2D eigenvalue weighted by Gasteiger charge is -1.92. The van der Waals surface area contributed by atoms with Crippen molar-refractivity contribution in [3.63, 3.8) is 0 Å². The number of nitrogens with one attached hydrogen (secondary N) is 2. The van der Waals surface area contributed by atoms with Crippen LogP contribution >= 0.6 is 16.1 Å². The zero-order valence-electron chi connectivity index (χ0n) is 6.54.